The van der Waals surface area contributed by atoms with Crippen molar-refractivity contribution in [3.05, 3.63) is 23.5 Å². The first kappa shape index (κ1) is 11.4. The molecule has 2 aromatic heterocycles. The first-order valence-electron chi connectivity index (χ1n) is 4.80. The maximum atomic E-state index is 9.16. The van der Waals surface area contributed by atoms with E-state index in [1.54, 1.807) is 6.20 Å². The van der Waals surface area contributed by atoms with Gasteiger partial charge in [-0.1, -0.05) is 0 Å². The molecule has 0 saturated heterocycles. The van der Waals surface area contributed by atoms with E-state index in [9.17, 15) is 0 Å². The lowest BCUT2D eigenvalue weighted by molar-refractivity contribution is 0.814. The quantitative estimate of drug-likeness (QED) is 0.631. The Morgan fingerprint density at radius 3 is 2.76 bits per heavy atom. The van der Waals surface area contributed by atoms with Gasteiger partial charge in [0.1, 0.15) is 16.7 Å². The molecule has 2 N–H and O–H groups in total. The molecule has 0 aliphatic carbocycles. The van der Waals surface area contributed by atoms with Crippen molar-refractivity contribution in [1.29, 1.82) is 5.26 Å². The molecule has 0 radical (unpaired) electrons. The average Bonchev–Trinajstić information content (AvgIpc) is 2.74. The second kappa shape index (κ2) is 4.43. The minimum Gasteiger partial charge on any atom is -0.368 e. The molecule has 6 nitrogen and oxygen atoms in total. The summed E-state index contributed by atoms with van der Waals surface area (Å²) in [6.07, 6.45) is 3.57. The van der Waals surface area contributed by atoms with Crippen LogP contribution in [-0.4, -0.2) is 26.0 Å². The first-order valence-corrected chi connectivity index (χ1v) is 6.02. The molecule has 0 atom stereocenters. The molecule has 2 aromatic rings. The van der Waals surface area contributed by atoms with Crippen LogP contribution in [0.4, 0.5) is 5.95 Å². The van der Waals surface area contributed by atoms with E-state index in [1.165, 1.54) is 16.4 Å². The van der Waals surface area contributed by atoms with Crippen LogP contribution in [0.15, 0.2) is 17.3 Å². The molecule has 7 heteroatoms. The Labute approximate surface area is 102 Å². The van der Waals surface area contributed by atoms with Crippen molar-refractivity contribution < 1.29 is 0 Å². The molecule has 0 spiro atoms. The minimum atomic E-state index is 0.136. The highest BCUT2D eigenvalue weighted by Gasteiger charge is 2.14. The molecule has 0 unspecified atom stereocenters. The number of rotatable bonds is 2. The number of hydrogen-bond donors (Lipinski definition) is 1. The predicted molar refractivity (Wildman–Crippen MR) is 64.8 cm³/mol. The first-order chi connectivity index (χ1) is 8.15. The highest BCUT2D eigenvalue weighted by molar-refractivity contribution is 7.98. The lowest BCUT2D eigenvalue weighted by Gasteiger charge is -2.07. The van der Waals surface area contributed by atoms with Crippen LogP contribution in [0.2, 0.25) is 0 Å². The fraction of sp³-hybridized carbons (Fsp3) is 0.200. The zero-order valence-corrected chi connectivity index (χ0v) is 10.2. The van der Waals surface area contributed by atoms with Gasteiger partial charge in [0.25, 0.3) is 0 Å². The molecule has 0 saturated carbocycles. The molecule has 0 fully saturated rings. The van der Waals surface area contributed by atoms with Crippen LogP contribution >= 0.6 is 11.8 Å². The van der Waals surface area contributed by atoms with Crippen molar-refractivity contribution in [2.24, 2.45) is 0 Å². The van der Waals surface area contributed by atoms with Crippen molar-refractivity contribution in [2.45, 2.75) is 11.9 Å². The Balaban J connectivity index is 2.68. The normalized spacial score (nSPS) is 10.2. The van der Waals surface area contributed by atoms with E-state index < -0.39 is 0 Å². The zero-order valence-electron chi connectivity index (χ0n) is 9.38. The van der Waals surface area contributed by atoms with Crippen molar-refractivity contribution in [2.75, 3.05) is 12.0 Å². The van der Waals surface area contributed by atoms with Crippen molar-refractivity contribution in [1.82, 2.24) is 19.7 Å². The average molecular weight is 246 g/mol. The Morgan fingerprint density at radius 1 is 1.47 bits per heavy atom. The van der Waals surface area contributed by atoms with Crippen molar-refractivity contribution in [3.8, 4) is 11.9 Å². The molecule has 0 aliphatic rings. The molecule has 2 heterocycles. The van der Waals surface area contributed by atoms with Gasteiger partial charge in [0.15, 0.2) is 5.82 Å². The predicted octanol–water partition coefficient (Wildman–Crippen LogP) is 1.15. The van der Waals surface area contributed by atoms with E-state index in [2.05, 4.69) is 21.1 Å². The third kappa shape index (κ3) is 2.07. The van der Waals surface area contributed by atoms with Gasteiger partial charge in [-0.2, -0.15) is 15.3 Å². The van der Waals surface area contributed by atoms with E-state index in [-0.39, 0.29) is 5.95 Å². The van der Waals surface area contributed by atoms with Crippen LogP contribution in [0.25, 0.3) is 5.82 Å². The van der Waals surface area contributed by atoms with E-state index in [1.807, 2.05) is 19.2 Å². The van der Waals surface area contributed by atoms with Gasteiger partial charge in [-0.3, -0.25) is 0 Å². The molecular weight excluding hydrogens is 236 g/mol. The lowest BCUT2D eigenvalue weighted by Crippen LogP contribution is -2.08. The fourth-order valence-electron chi connectivity index (χ4n) is 1.39. The van der Waals surface area contributed by atoms with Gasteiger partial charge in [0.05, 0.1) is 5.69 Å². The van der Waals surface area contributed by atoms with Crippen LogP contribution in [0.5, 0.6) is 0 Å². The number of aromatic nitrogens is 4. The number of thioether (sulfide) groups is 1. The molecule has 0 amide bonds. The lowest BCUT2D eigenvalue weighted by atomic mass is 10.3. The SMILES string of the molecule is CSc1nc(N)nc(-n2ccc(C)n2)c1C#N. The summed E-state index contributed by atoms with van der Waals surface area (Å²) in [5.74, 6) is 0.550. The van der Waals surface area contributed by atoms with Crippen molar-refractivity contribution >= 4 is 17.7 Å². The summed E-state index contributed by atoms with van der Waals surface area (Å²) in [6, 6.07) is 3.92. The van der Waals surface area contributed by atoms with Crippen LogP contribution in [0.1, 0.15) is 11.3 Å². The Bertz CT molecular complexity index is 597. The third-order valence-electron chi connectivity index (χ3n) is 2.12. The molecular formula is C10H10N6S. The highest BCUT2D eigenvalue weighted by atomic mass is 32.2. The monoisotopic (exact) mass is 246 g/mol. The largest absolute Gasteiger partial charge is 0.368 e. The van der Waals surface area contributed by atoms with E-state index in [0.717, 1.165) is 5.69 Å². The van der Waals surface area contributed by atoms with E-state index in [0.29, 0.717) is 16.4 Å². The van der Waals surface area contributed by atoms with Gasteiger partial charge in [0.2, 0.25) is 5.95 Å². The maximum absolute atomic E-state index is 9.16. The summed E-state index contributed by atoms with van der Waals surface area (Å²) in [6.45, 7) is 1.86. The van der Waals surface area contributed by atoms with Crippen LogP contribution < -0.4 is 5.73 Å². The van der Waals surface area contributed by atoms with Crippen LogP contribution in [-0.2, 0) is 0 Å². The summed E-state index contributed by atoms with van der Waals surface area (Å²) in [5, 5.41) is 13.9. The number of hydrogen-bond acceptors (Lipinski definition) is 6. The van der Waals surface area contributed by atoms with Gasteiger partial charge in [-0.05, 0) is 19.2 Å². The number of nitriles is 1. The molecule has 0 bridgehead atoms. The molecule has 0 aliphatic heterocycles. The summed E-state index contributed by atoms with van der Waals surface area (Å²) in [4.78, 5) is 8.09. The Morgan fingerprint density at radius 2 is 2.24 bits per heavy atom. The summed E-state index contributed by atoms with van der Waals surface area (Å²) >= 11 is 1.36. The second-order valence-corrected chi connectivity index (χ2v) is 4.10. The molecule has 0 aromatic carbocycles. The summed E-state index contributed by atoms with van der Waals surface area (Å²) < 4.78 is 1.53. The third-order valence-corrected chi connectivity index (χ3v) is 2.80. The topological polar surface area (TPSA) is 93.4 Å². The number of nitrogen functional groups attached to an aromatic ring is 1. The number of aryl methyl sites for hydroxylation is 1. The van der Waals surface area contributed by atoms with Gasteiger partial charge in [-0.15, -0.1) is 11.8 Å². The van der Waals surface area contributed by atoms with Crippen LogP contribution in [0, 0.1) is 18.3 Å². The number of nitrogens with two attached hydrogens (primary N) is 1. The van der Waals surface area contributed by atoms with Gasteiger partial charge in [-0.25, -0.2) is 9.67 Å². The van der Waals surface area contributed by atoms with Gasteiger partial charge < -0.3 is 5.73 Å². The van der Waals surface area contributed by atoms with Gasteiger partial charge in [0, 0.05) is 6.20 Å². The standard InChI is InChI=1S/C10H10N6S/c1-6-3-4-16(15-6)8-7(5-11)9(17-2)14-10(12)13-8/h3-4H,1-2H3,(H2,12,13,14). The van der Waals surface area contributed by atoms with E-state index >= 15 is 0 Å². The molecule has 17 heavy (non-hydrogen) atoms. The van der Waals surface area contributed by atoms with Crippen molar-refractivity contribution in [3.63, 3.8) is 0 Å². The number of anilines is 1. The smallest absolute Gasteiger partial charge is 0.223 e. The molecule has 86 valence electrons. The highest BCUT2D eigenvalue weighted by Crippen LogP contribution is 2.22. The molecule has 2 rings (SSSR count). The Hall–Kier alpha value is -2.07. The van der Waals surface area contributed by atoms with E-state index in [4.69, 9.17) is 11.0 Å². The second-order valence-electron chi connectivity index (χ2n) is 3.30. The summed E-state index contributed by atoms with van der Waals surface area (Å²) in [7, 11) is 0. The zero-order chi connectivity index (χ0) is 12.4. The van der Waals surface area contributed by atoms with Crippen LogP contribution in [0.3, 0.4) is 0 Å². The maximum Gasteiger partial charge on any atom is 0.223 e. The minimum absolute atomic E-state index is 0.136. The Kier molecular flexibility index (Phi) is 2.97. The van der Waals surface area contributed by atoms with Gasteiger partial charge >= 0.3 is 0 Å². The number of nitrogens with zero attached hydrogens (tertiary/aromatic N) is 5. The summed E-state index contributed by atoms with van der Waals surface area (Å²) in [5.41, 5.74) is 6.84. The fourth-order valence-corrected chi connectivity index (χ4v) is 1.92.